The molecule has 0 unspecified atom stereocenters. The number of rotatable bonds is 6. The van der Waals surface area contributed by atoms with Gasteiger partial charge in [-0.05, 0) is 38.2 Å². The fourth-order valence-corrected chi connectivity index (χ4v) is 5.59. The zero-order valence-corrected chi connectivity index (χ0v) is 21.0. The van der Waals surface area contributed by atoms with E-state index in [0.717, 1.165) is 17.8 Å². The van der Waals surface area contributed by atoms with Crippen LogP contribution in [0.3, 0.4) is 0 Å². The minimum Gasteiger partial charge on any atom is -0.324 e. The standard InChI is InChI=1S/C25H22ClFN10O/c1-25(15-9-32-35(13-15)12-14-2-3-14)8-17(18-11-28-21-7-20(27)34-36(21)22(18)25)24(38)33-16-6-19(26)23(29-10-16)37-30-4-5-31-37/h4-7,9-11,13-14,17H,2-3,8,12H2,1H3,(H,33,38)/t17-,25-/m1/s1. The van der Waals surface area contributed by atoms with Crippen molar-refractivity contribution >= 4 is 28.8 Å². The first-order valence-corrected chi connectivity index (χ1v) is 12.7. The van der Waals surface area contributed by atoms with Crippen LogP contribution in [0.4, 0.5) is 10.1 Å². The fourth-order valence-electron chi connectivity index (χ4n) is 5.34. The summed E-state index contributed by atoms with van der Waals surface area (Å²) in [6.45, 7) is 2.91. The Balaban J connectivity index is 1.24. The molecule has 2 atom stereocenters. The molecule has 1 amide bonds. The average molecular weight is 533 g/mol. The smallest absolute Gasteiger partial charge is 0.235 e. The Kier molecular flexibility index (Phi) is 5.09. The van der Waals surface area contributed by atoms with Gasteiger partial charge in [0.15, 0.2) is 11.5 Å². The summed E-state index contributed by atoms with van der Waals surface area (Å²) in [4.78, 5) is 23.7. The molecule has 5 heterocycles. The molecule has 1 N–H and O–H groups in total. The third kappa shape index (κ3) is 3.74. The minimum absolute atomic E-state index is 0.253. The zero-order chi connectivity index (χ0) is 26.0. The van der Waals surface area contributed by atoms with Crippen molar-refractivity contribution < 1.29 is 9.18 Å². The third-order valence-corrected chi connectivity index (χ3v) is 7.70. The van der Waals surface area contributed by atoms with E-state index in [1.165, 1.54) is 46.8 Å². The summed E-state index contributed by atoms with van der Waals surface area (Å²) in [6, 6.07) is 2.89. The normalized spacial score (nSPS) is 20.7. The lowest BCUT2D eigenvalue weighted by atomic mass is 9.80. The molecule has 7 rings (SSSR count). The van der Waals surface area contributed by atoms with Gasteiger partial charge in [-0.15, -0.1) is 9.90 Å². The lowest BCUT2D eigenvalue weighted by molar-refractivity contribution is -0.117. The number of nitrogens with zero attached hydrogens (tertiary/aromatic N) is 9. The summed E-state index contributed by atoms with van der Waals surface area (Å²) >= 11 is 6.40. The number of carbonyl (C=O) groups is 1. The monoisotopic (exact) mass is 532 g/mol. The average Bonchev–Trinajstić information content (AvgIpc) is 3.29. The van der Waals surface area contributed by atoms with Crippen LogP contribution >= 0.6 is 11.6 Å². The van der Waals surface area contributed by atoms with Crippen LogP contribution in [0.1, 0.15) is 48.9 Å². The summed E-state index contributed by atoms with van der Waals surface area (Å²) in [6.07, 6.45) is 12.9. The Morgan fingerprint density at radius 3 is 2.74 bits per heavy atom. The summed E-state index contributed by atoms with van der Waals surface area (Å²) in [5.74, 6) is -0.437. The molecule has 0 radical (unpaired) electrons. The number of amides is 1. The van der Waals surface area contributed by atoms with E-state index in [4.69, 9.17) is 11.6 Å². The van der Waals surface area contributed by atoms with Crippen molar-refractivity contribution in [3.05, 3.63) is 77.1 Å². The van der Waals surface area contributed by atoms with Gasteiger partial charge in [0.05, 0.1) is 47.1 Å². The Morgan fingerprint density at radius 1 is 1.16 bits per heavy atom. The lowest BCUT2D eigenvalue weighted by Crippen LogP contribution is -2.25. The van der Waals surface area contributed by atoms with Gasteiger partial charge in [0.2, 0.25) is 11.9 Å². The molecular weight excluding hydrogens is 511 g/mol. The molecule has 38 heavy (non-hydrogen) atoms. The van der Waals surface area contributed by atoms with Gasteiger partial charge in [-0.1, -0.05) is 11.6 Å². The highest BCUT2D eigenvalue weighted by molar-refractivity contribution is 6.32. The molecule has 2 aliphatic carbocycles. The Labute approximate surface area is 220 Å². The Hall–Kier alpha value is -4.19. The Morgan fingerprint density at radius 2 is 1.97 bits per heavy atom. The van der Waals surface area contributed by atoms with Crippen LogP contribution in [0.25, 0.3) is 11.5 Å². The second-order valence-corrected chi connectivity index (χ2v) is 10.5. The summed E-state index contributed by atoms with van der Waals surface area (Å²) < 4.78 is 17.7. The van der Waals surface area contributed by atoms with Gasteiger partial charge in [0.1, 0.15) is 0 Å². The van der Waals surface area contributed by atoms with Gasteiger partial charge < -0.3 is 5.32 Å². The minimum atomic E-state index is -0.649. The van der Waals surface area contributed by atoms with Gasteiger partial charge in [-0.2, -0.15) is 19.7 Å². The van der Waals surface area contributed by atoms with E-state index in [0.29, 0.717) is 35.1 Å². The topological polar surface area (TPSA) is 121 Å². The van der Waals surface area contributed by atoms with Gasteiger partial charge in [-0.3, -0.25) is 9.48 Å². The van der Waals surface area contributed by atoms with Gasteiger partial charge in [0.25, 0.3) is 0 Å². The highest BCUT2D eigenvalue weighted by Crippen LogP contribution is 2.50. The predicted molar refractivity (Wildman–Crippen MR) is 135 cm³/mol. The maximum Gasteiger partial charge on any atom is 0.235 e. The number of anilines is 1. The maximum atomic E-state index is 14.2. The van der Waals surface area contributed by atoms with E-state index >= 15 is 0 Å². The van der Waals surface area contributed by atoms with Crippen molar-refractivity contribution in [1.29, 1.82) is 0 Å². The van der Waals surface area contributed by atoms with Crippen molar-refractivity contribution in [3.8, 4) is 5.82 Å². The molecule has 5 aromatic heterocycles. The fraction of sp³-hybridized carbons (Fsp3) is 0.320. The summed E-state index contributed by atoms with van der Waals surface area (Å²) in [7, 11) is 0. The highest BCUT2D eigenvalue weighted by Gasteiger charge is 2.48. The van der Waals surface area contributed by atoms with E-state index in [1.807, 2.05) is 24.0 Å². The molecule has 0 aromatic carbocycles. The molecule has 0 bridgehead atoms. The second kappa shape index (κ2) is 8.42. The quantitative estimate of drug-likeness (QED) is 0.355. The van der Waals surface area contributed by atoms with E-state index in [1.54, 1.807) is 12.3 Å². The van der Waals surface area contributed by atoms with E-state index in [9.17, 15) is 9.18 Å². The molecule has 0 spiro atoms. The van der Waals surface area contributed by atoms with E-state index in [-0.39, 0.29) is 10.9 Å². The number of hydrogen-bond donors (Lipinski definition) is 1. The number of nitrogens with one attached hydrogen (secondary N) is 1. The van der Waals surface area contributed by atoms with Crippen LogP contribution in [0.5, 0.6) is 0 Å². The number of hydrogen-bond acceptors (Lipinski definition) is 7. The summed E-state index contributed by atoms with van der Waals surface area (Å²) in [5.41, 5.74) is 2.53. The molecule has 1 saturated carbocycles. The molecule has 0 aliphatic heterocycles. The van der Waals surface area contributed by atoms with E-state index < -0.39 is 17.3 Å². The molecule has 1 fully saturated rings. The number of aromatic nitrogens is 9. The van der Waals surface area contributed by atoms with Crippen molar-refractivity contribution in [3.63, 3.8) is 0 Å². The van der Waals surface area contributed by atoms with Gasteiger partial charge >= 0.3 is 0 Å². The number of carbonyl (C=O) groups excluding carboxylic acids is 1. The number of fused-ring (bicyclic) bond motifs is 3. The second-order valence-electron chi connectivity index (χ2n) is 10.1. The first-order valence-electron chi connectivity index (χ1n) is 12.3. The zero-order valence-electron chi connectivity index (χ0n) is 20.3. The Bertz CT molecular complexity index is 1690. The van der Waals surface area contributed by atoms with Crippen LogP contribution in [-0.2, 0) is 16.8 Å². The van der Waals surface area contributed by atoms with Gasteiger partial charge in [-0.25, -0.2) is 14.5 Å². The molecular formula is C25H22ClFN10O. The lowest BCUT2D eigenvalue weighted by Gasteiger charge is -2.24. The molecule has 13 heteroatoms. The van der Waals surface area contributed by atoms with E-state index in [2.05, 4.69) is 35.7 Å². The molecule has 5 aromatic rings. The first kappa shape index (κ1) is 23.0. The first-order chi connectivity index (χ1) is 18.4. The largest absolute Gasteiger partial charge is 0.324 e. The predicted octanol–water partition coefficient (Wildman–Crippen LogP) is 3.54. The van der Waals surface area contributed by atoms with Crippen LogP contribution in [0.15, 0.2) is 49.3 Å². The maximum absolute atomic E-state index is 14.2. The van der Waals surface area contributed by atoms with Crippen LogP contribution in [0, 0.1) is 11.9 Å². The van der Waals surface area contributed by atoms with Crippen molar-refractivity contribution in [1.82, 2.24) is 44.4 Å². The van der Waals surface area contributed by atoms with Crippen LogP contribution in [-0.4, -0.2) is 50.3 Å². The number of halogens is 2. The van der Waals surface area contributed by atoms with Gasteiger partial charge in [0, 0.05) is 41.5 Å². The summed E-state index contributed by atoms with van der Waals surface area (Å²) in [5, 5.41) is 20.0. The molecule has 11 nitrogen and oxygen atoms in total. The van der Waals surface area contributed by atoms with Crippen LogP contribution < -0.4 is 5.32 Å². The van der Waals surface area contributed by atoms with Crippen molar-refractivity contribution in [2.24, 2.45) is 5.92 Å². The van der Waals surface area contributed by atoms with Crippen LogP contribution in [0.2, 0.25) is 5.02 Å². The molecule has 0 saturated heterocycles. The SMILES string of the molecule is C[C@]1(c2cnn(CC3CC3)c2)C[C@@H](C(=O)Nc2cnc(-n3nccn3)c(Cl)c2)c2cnc3cc(F)nn3c21. The van der Waals surface area contributed by atoms with Crippen molar-refractivity contribution in [2.45, 2.75) is 44.1 Å². The highest BCUT2D eigenvalue weighted by atomic mass is 35.5. The molecule has 2 aliphatic rings. The third-order valence-electron chi connectivity index (χ3n) is 7.42. The molecule has 192 valence electrons. The van der Waals surface area contributed by atoms with Crippen molar-refractivity contribution in [2.75, 3.05) is 5.32 Å². The number of pyridine rings is 1.